The fraction of sp³-hybridized carbons (Fsp3) is 0.150. The maximum atomic E-state index is 13.1. The molecule has 0 saturated heterocycles. The number of nitrogens with zero attached hydrogens (tertiary/aromatic N) is 4. The lowest BCUT2D eigenvalue weighted by molar-refractivity contribution is -0.114. The molecule has 0 bridgehead atoms. The minimum absolute atomic E-state index is 0.103. The van der Waals surface area contributed by atoms with Crippen LogP contribution in [0.4, 0.5) is 11.4 Å². The summed E-state index contributed by atoms with van der Waals surface area (Å²) in [4.78, 5) is 34.9. The number of anilines is 1. The van der Waals surface area contributed by atoms with Gasteiger partial charge in [-0.1, -0.05) is 11.8 Å². The topological polar surface area (TPSA) is 158 Å². The van der Waals surface area contributed by atoms with Crippen molar-refractivity contribution in [3.05, 3.63) is 58.6 Å². The van der Waals surface area contributed by atoms with E-state index in [0.29, 0.717) is 22.1 Å². The number of amidine groups is 1. The van der Waals surface area contributed by atoms with Gasteiger partial charge in [0.2, 0.25) is 5.91 Å². The molecule has 1 aromatic heterocycles. The zero-order chi connectivity index (χ0) is 24.2. The van der Waals surface area contributed by atoms with Crippen LogP contribution in [0.1, 0.15) is 12.7 Å². The molecule has 3 rings (SSSR count). The van der Waals surface area contributed by atoms with Crippen LogP contribution in [0.5, 0.6) is 0 Å². The van der Waals surface area contributed by atoms with Gasteiger partial charge in [-0.25, -0.2) is 14.8 Å². The van der Waals surface area contributed by atoms with Gasteiger partial charge in [0.25, 0.3) is 15.6 Å². The Labute approximate surface area is 193 Å². The molecule has 0 spiro atoms. The molecule has 0 aliphatic heterocycles. The molecular weight excluding hydrogens is 466 g/mol. The minimum Gasteiger partial charge on any atom is -0.326 e. The van der Waals surface area contributed by atoms with Crippen molar-refractivity contribution in [1.29, 1.82) is 5.26 Å². The number of benzene rings is 2. The van der Waals surface area contributed by atoms with Crippen molar-refractivity contribution >= 4 is 55.1 Å². The van der Waals surface area contributed by atoms with Crippen molar-refractivity contribution in [2.75, 3.05) is 16.4 Å². The summed E-state index contributed by atoms with van der Waals surface area (Å²) < 4.78 is 26.5. The fourth-order valence-corrected chi connectivity index (χ4v) is 4.24. The molecule has 13 heteroatoms. The van der Waals surface area contributed by atoms with Crippen LogP contribution in [0.3, 0.4) is 0 Å². The van der Waals surface area contributed by atoms with Gasteiger partial charge in [-0.2, -0.15) is 18.4 Å². The van der Waals surface area contributed by atoms with Crippen molar-refractivity contribution in [2.45, 2.75) is 18.7 Å². The number of nitrogens with one attached hydrogen (secondary N) is 3. The summed E-state index contributed by atoms with van der Waals surface area (Å²) in [6.45, 7) is 2.84. The van der Waals surface area contributed by atoms with Crippen molar-refractivity contribution in [3.8, 4) is 6.19 Å². The Bertz CT molecular complexity index is 1460. The summed E-state index contributed by atoms with van der Waals surface area (Å²) in [6.07, 6.45) is 3.52. The number of hydrogen-bond acceptors (Lipinski definition) is 8. The molecule has 170 valence electrons. The molecule has 3 aromatic rings. The molecule has 33 heavy (non-hydrogen) atoms. The van der Waals surface area contributed by atoms with E-state index in [2.05, 4.69) is 25.4 Å². The predicted molar refractivity (Wildman–Crippen MR) is 127 cm³/mol. The van der Waals surface area contributed by atoms with E-state index in [-0.39, 0.29) is 22.0 Å². The van der Waals surface area contributed by atoms with Crippen LogP contribution in [0.2, 0.25) is 0 Å². The molecule has 1 amide bonds. The number of aryl methyl sites for hydroxylation is 1. The highest BCUT2D eigenvalue weighted by atomic mass is 32.2. The van der Waals surface area contributed by atoms with Gasteiger partial charge in [0, 0.05) is 12.6 Å². The van der Waals surface area contributed by atoms with E-state index in [1.807, 2.05) is 0 Å². The molecule has 11 nitrogen and oxygen atoms in total. The number of carbonyl (C=O) groups excluding carboxylic acids is 1. The van der Waals surface area contributed by atoms with E-state index in [9.17, 15) is 18.0 Å². The van der Waals surface area contributed by atoms with Crippen LogP contribution < -0.4 is 21.0 Å². The first-order valence-electron chi connectivity index (χ1n) is 9.36. The molecule has 0 radical (unpaired) electrons. The number of amides is 1. The number of aliphatic imine (C=N–C) groups is 1. The lowest BCUT2D eigenvalue weighted by Crippen LogP contribution is -2.35. The highest BCUT2D eigenvalue weighted by Gasteiger charge is 2.18. The van der Waals surface area contributed by atoms with Gasteiger partial charge in [0.1, 0.15) is 5.82 Å². The van der Waals surface area contributed by atoms with E-state index in [1.165, 1.54) is 55.9 Å². The summed E-state index contributed by atoms with van der Waals surface area (Å²) in [5.74, 6) is -0.150. The smallest absolute Gasteiger partial charge is 0.280 e. The van der Waals surface area contributed by atoms with Crippen LogP contribution >= 0.6 is 11.8 Å². The third-order valence-electron chi connectivity index (χ3n) is 4.30. The zero-order valence-electron chi connectivity index (χ0n) is 17.8. The van der Waals surface area contributed by atoms with Gasteiger partial charge < -0.3 is 5.32 Å². The zero-order valence-corrected chi connectivity index (χ0v) is 19.4. The number of carbonyl (C=O) groups is 1. The normalized spacial score (nSPS) is 11.6. The third-order valence-corrected chi connectivity index (χ3v) is 6.20. The highest BCUT2D eigenvalue weighted by Crippen LogP contribution is 2.20. The largest absolute Gasteiger partial charge is 0.326 e. The maximum Gasteiger partial charge on any atom is 0.280 e. The number of nitriles is 1. The Balaban J connectivity index is 2.01. The lowest BCUT2D eigenvalue weighted by Gasteiger charge is -2.14. The van der Waals surface area contributed by atoms with Gasteiger partial charge >= 0.3 is 0 Å². The number of thioether (sulfide) groups is 1. The van der Waals surface area contributed by atoms with E-state index < -0.39 is 15.6 Å². The number of sulfonamides is 1. The monoisotopic (exact) mass is 485 g/mol. The fourth-order valence-electron chi connectivity index (χ4n) is 2.84. The van der Waals surface area contributed by atoms with Gasteiger partial charge in [-0.05, 0) is 55.6 Å². The molecule has 0 unspecified atom stereocenters. The second-order valence-corrected chi connectivity index (χ2v) is 9.12. The average molecular weight is 486 g/mol. The van der Waals surface area contributed by atoms with Gasteiger partial charge in [0.15, 0.2) is 11.4 Å². The molecule has 3 N–H and O–H groups in total. The number of hydrogen-bond donors (Lipinski definition) is 3. The lowest BCUT2D eigenvalue weighted by atomic mass is 10.2. The number of rotatable bonds is 5. The Kier molecular flexibility index (Phi) is 7.00. The van der Waals surface area contributed by atoms with E-state index in [4.69, 9.17) is 5.26 Å². The Morgan fingerprint density at radius 2 is 1.91 bits per heavy atom. The predicted octanol–water partition coefficient (Wildman–Crippen LogP) is 2.02. The quantitative estimate of drug-likeness (QED) is 0.214. The Morgan fingerprint density at radius 3 is 2.52 bits per heavy atom. The van der Waals surface area contributed by atoms with Gasteiger partial charge in [-0.15, -0.1) is 0 Å². The van der Waals surface area contributed by atoms with E-state index in [1.54, 1.807) is 24.6 Å². The van der Waals surface area contributed by atoms with Crippen molar-refractivity contribution in [3.63, 3.8) is 0 Å². The second-order valence-electron chi connectivity index (χ2n) is 6.66. The van der Waals surface area contributed by atoms with E-state index >= 15 is 0 Å². The first-order valence-corrected chi connectivity index (χ1v) is 12.1. The van der Waals surface area contributed by atoms with Gasteiger partial charge in [-0.3, -0.25) is 14.9 Å². The van der Waals surface area contributed by atoms with Crippen molar-refractivity contribution < 1.29 is 13.2 Å². The molecule has 0 saturated carbocycles. The van der Waals surface area contributed by atoms with E-state index in [0.717, 1.165) is 4.68 Å². The third kappa shape index (κ3) is 5.48. The number of fused-ring (bicyclic) bond motifs is 1. The van der Waals surface area contributed by atoms with Crippen LogP contribution in [0, 0.1) is 18.4 Å². The highest BCUT2D eigenvalue weighted by molar-refractivity contribution is 8.13. The Morgan fingerprint density at radius 1 is 1.21 bits per heavy atom. The van der Waals surface area contributed by atoms with Crippen LogP contribution in [-0.4, -0.2) is 35.4 Å². The first-order chi connectivity index (χ1) is 15.6. The maximum absolute atomic E-state index is 13.1. The minimum atomic E-state index is -4.13. The summed E-state index contributed by atoms with van der Waals surface area (Å²) in [7, 11) is -4.13. The van der Waals surface area contributed by atoms with Crippen molar-refractivity contribution in [1.82, 2.24) is 15.0 Å². The van der Waals surface area contributed by atoms with Gasteiger partial charge in [0.05, 0.1) is 21.5 Å². The molecule has 0 atom stereocenters. The summed E-state index contributed by atoms with van der Waals surface area (Å²) >= 11 is 1.22. The average Bonchev–Trinajstić information content (AvgIpc) is 2.76. The molecule has 1 heterocycles. The molecule has 0 fully saturated rings. The number of aromatic nitrogens is 2. The van der Waals surface area contributed by atoms with Crippen LogP contribution in [-0.2, 0) is 14.8 Å². The summed E-state index contributed by atoms with van der Waals surface area (Å²) in [5, 5.41) is 14.2. The standard InChI is InChI=1S/C20H19N7O4S2/c1-12-23-18-9-6-15(25-20(32-3)22-11-21)10-17(18)19(29)27(12)26-33(30,31)16-7-4-14(5-8-16)24-13(2)28/h4-10,26H,1-3H3,(H,22,25)(H,24,28). The summed E-state index contributed by atoms with van der Waals surface area (Å²) in [5.41, 5.74) is 0.559. The summed E-state index contributed by atoms with van der Waals surface area (Å²) in [6, 6.07) is 10.2. The molecule has 2 aromatic carbocycles. The first kappa shape index (κ1) is 23.8. The van der Waals surface area contributed by atoms with Crippen molar-refractivity contribution in [2.24, 2.45) is 4.99 Å². The second kappa shape index (κ2) is 9.72. The molecule has 0 aliphatic carbocycles. The SMILES string of the molecule is CSC(=Nc1ccc2nc(C)n(NS(=O)(=O)c3ccc(NC(C)=O)cc3)c(=O)c2c1)NC#N. The Hall–Kier alpha value is -3.89. The molecular formula is C20H19N7O4S2. The van der Waals surface area contributed by atoms with Crippen LogP contribution in [0.25, 0.3) is 10.9 Å². The molecule has 0 aliphatic rings. The van der Waals surface area contributed by atoms with Crippen LogP contribution in [0.15, 0.2) is 57.1 Å².